The van der Waals surface area contributed by atoms with E-state index in [4.69, 9.17) is 5.73 Å². The highest BCUT2D eigenvalue weighted by atomic mass is 32.1. The lowest BCUT2D eigenvalue weighted by Gasteiger charge is -2.13. The summed E-state index contributed by atoms with van der Waals surface area (Å²) in [5.41, 5.74) is 4.45. The Morgan fingerprint density at radius 3 is 2.47 bits per heavy atom. The minimum Gasteiger partial charge on any atom is -0.392 e. The summed E-state index contributed by atoms with van der Waals surface area (Å²) in [6, 6.07) is 5.18. The molecule has 15 heavy (non-hydrogen) atoms. The van der Waals surface area contributed by atoms with Crippen LogP contribution in [-0.4, -0.2) is 11.5 Å². The van der Waals surface area contributed by atoms with Crippen LogP contribution in [0.2, 0.25) is 0 Å². The molecule has 1 aromatic carbocycles. The van der Waals surface area contributed by atoms with E-state index in [2.05, 4.69) is 17.5 Å². The Labute approximate surface area is 90.3 Å². The van der Waals surface area contributed by atoms with Crippen LogP contribution in [0.3, 0.4) is 0 Å². The van der Waals surface area contributed by atoms with Crippen molar-refractivity contribution in [1.29, 1.82) is 0 Å². The molecule has 0 saturated carbocycles. The summed E-state index contributed by atoms with van der Waals surface area (Å²) in [7, 11) is 0. The molecule has 0 amide bonds. The highest BCUT2D eigenvalue weighted by molar-refractivity contribution is 7.80. The summed E-state index contributed by atoms with van der Waals surface area (Å²) in [4.78, 5) is 0.118. The van der Waals surface area contributed by atoms with Crippen LogP contribution in [0.5, 0.6) is 0 Å². The first kappa shape index (κ1) is 11.8. The smallest absolute Gasteiger partial charge is 0.392 e. The minimum atomic E-state index is -4.38. The summed E-state index contributed by atoms with van der Waals surface area (Å²) in [5.74, 6) is 0. The minimum absolute atomic E-state index is 0.0159. The number of benzene rings is 1. The summed E-state index contributed by atoms with van der Waals surface area (Å²) in [6.45, 7) is 0.0441. The average Bonchev–Trinajstić information content (AvgIpc) is 2.13. The van der Waals surface area contributed by atoms with Gasteiger partial charge in [0, 0.05) is 5.69 Å². The molecule has 1 rings (SSSR count). The summed E-state index contributed by atoms with van der Waals surface area (Å²) in [5, 5.41) is 2.53. The summed E-state index contributed by atoms with van der Waals surface area (Å²) >= 11 is 4.57. The third-order valence-corrected chi connectivity index (χ3v) is 1.83. The lowest BCUT2D eigenvalue weighted by Crippen LogP contribution is -2.21. The van der Waals surface area contributed by atoms with E-state index in [1.165, 1.54) is 18.2 Å². The quantitative estimate of drug-likeness (QED) is 0.789. The van der Waals surface area contributed by atoms with Gasteiger partial charge in [-0.25, -0.2) is 0 Å². The molecule has 0 aromatic heterocycles. The van der Waals surface area contributed by atoms with Gasteiger partial charge < -0.3 is 11.1 Å². The molecular formula is C9H9F3N2S. The van der Waals surface area contributed by atoms with Crippen molar-refractivity contribution in [1.82, 2.24) is 0 Å². The molecule has 82 valence electrons. The molecule has 0 heterocycles. The van der Waals surface area contributed by atoms with Crippen molar-refractivity contribution in [3.05, 3.63) is 29.8 Å². The number of hydrogen-bond donors (Lipinski definition) is 2. The number of halogens is 3. The van der Waals surface area contributed by atoms with E-state index >= 15 is 0 Å². The number of anilines is 1. The third kappa shape index (κ3) is 3.39. The van der Waals surface area contributed by atoms with Crippen molar-refractivity contribution in [2.24, 2.45) is 5.73 Å². The fraction of sp³-hybridized carbons (Fsp3) is 0.222. The zero-order valence-corrected chi connectivity index (χ0v) is 8.45. The zero-order valence-electron chi connectivity index (χ0n) is 7.64. The average molecular weight is 234 g/mol. The van der Waals surface area contributed by atoms with Gasteiger partial charge in [0.2, 0.25) is 0 Å². The lowest BCUT2D eigenvalue weighted by atomic mass is 10.1. The van der Waals surface area contributed by atoms with Gasteiger partial charge in [-0.3, -0.25) is 0 Å². The summed E-state index contributed by atoms with van der Waals surface area (Å²) < 4.78 is 37.4. The number of thiocarbonyl (C=S) groups is 1. The standard InChI is InChI=1S/C9H9F3N2S/c10-9(11,12)6-3-1-2-4-7(6)14-5-8(13)15/h1-4,14H,5H2,(H2,13,15). The van der Waals surface area contributed by atoms with Crippen LogP contribution in [0.4, 0.5) is 18.9 Å². The van der Waals surface area contributed by atoms with Gasteiger partial charge in [-0.15, -0.1) is 0 Å². The number of hydrogen-bond acceptors (Lipinski definition) is 2. The molecule has 0 spiro atoms. The summed E-state index contributed by atoms with van der Waals surface area (Å²) in [6.07, 6.45) is -4.38. The Morgan fingerprint density at radius 2 is 1.93 bits per heavy atom. The highest BCUT2D eigenvalue weighted by Crippen LogP contribution is 2.34. The predicted molar refractivity (Wildman–Crippen MR) is 56.7 cm³/mol. The van der Waals surface area contributed by atoms with Crippen molar-refractivity contribution >= 4 is 22.9 Å². The Morgan fingerprint density at radius 1 is 1.33 bits per heavy atom. The first-order valence-corrected chi connectivity index (χ1v) is 4.50. The number of para-hydroxylation sites is 1. The lowest BCUT2D eigenvalue weighted by molar-refractivity contribution is -0.136. The van der Waals surface area contributed by atoms with Crippen LogP contribution in [0, 0.1) is 0 Å². The molecule has 0 unspecified atom stereocenters. The zero-order chi connectivity index (χ0) is 11.5. The van der Waals surface area contributed by atoms with E-state index in [9.17, 15) is 13.2 Å². The van der Waals surface area contributed by atoms with Gasteiger partial charge in [-0.2, -0.15) is 13.2 Å². The molecule has 0 atom stereocenters. The molecule has 0 radical (unpaired) electrons. The van der Waals surface area contributed by atoms with Crippen LogP contribution in [0.25, 0.3) is 0 Å². The molecule has 0 bridgehead atoms. The molecule has 0 aliphatic heterocycles. The van der Waals surface area contributed by atoms with E-state index in [-0.39, 0.29) is 17.2 Å². The Kier molecular flexibility index (Phi) is 3.52. The van der Waals surface area contributed by atoms with Crippen molar-refractivity contribution in [2.75, 3.05) is 11.9 Å². The molecule has 0 fully saturated rings. The number of alkyl halides is 3. The number of nitrogens with two attached hydrogens (primary N) is 1. The maximum atomic E-state index is 12.5. The molecular weight excluding hydrogens is 225 g/mol. The van der Waals surface area contributed by atoms with Crippen molar-refractivity contribution < 1.29 is 13.2 Å². The number of nitrogens with one attached hydrogen (secondary N) is 1. The third-order valence-electron chi connectivity index (χ3n) is 1.69. The molecule has 6 heteroatoms. The number of rotatable bonds is 3. The predicted octanol–water partition coefficient (Wildman–Crippen LogP) is 2.40. The van der Waals surface area contributed by atoms with E-state index in [1.807, 2.05) is 0 Å². The van der Waals surface area contributed by atoms with Gasteiger partial charge in [0.15, 0.2) is 0 Å². The maximum absolute atomic E-state index is 12.5. The van der Waals surface area contributed by atoms with Crippen LogP contribution < -0.4 is 11.1 Å². The first-order chi connectivity index (χ1) is 6.91. The van der Waals surface area contributed by atoms with Gasteiger partial charge in [0.1, 0.15) is 0 Å². The van der Waals surface area contributed by atoms with Crippen LogP contribution >= 0.6 is 12.2 Å². The van der Waals surface area contributed by atoms with Crippen molar-refractivity contribution in [3.63, 3.8) is 0 Å². The van der Waals surface area contributed by atoms with E-state index in [0.717, 1.165) is 6.07 Å². The van der Waals surface area contributed by atoms with E-state index in [1.54, 1.807) is 0 Å². The molecule has 0 aliphatic carbocycles. The fourth-order valence-corrected chi connectivity index (χ4v) is 1.14. The molecule has 2 nitrogen and oxygen atoms in total. The van der Waals surface area contributed by atoms with Crippen molar-refractivity contribution in [3.8, 4) is 0 Å². The molecule has 0 saturated heterocycles. The van der Waals surface area contributed by atoms with Crippen LogP contribution in [0.1, 0.15) is 5.56 Å². The highest BCUT2D eigenvalue weighted by Gasteiger charge is 2.32. The van der Waals surface area contributed by atoms with Gasteiger partial charge in [-0.05, 0) is 12.1 Å². The second kappa shape index (κ2) is 4.48. The van der Waals surface area contributed by atoms with Crippen LogP contribution in [0.15, 0.2) is 24.3 Å². The molecule has 3 N–H and O–H groups in total. The molecule has 1 aromatic rings. The fourth-order valence-electron chi connectivity index (χ4n) is 1.07. The second-order valence-electron chi connectivity index (χ2n) is 2.86. The van der Waals surface area contributed by atoms with Crippen LogP contribution in [-0.2, 0) is 6.18 Å². The first-order valence-electron chi connectivity index (χ1n) is 4.09. The van der Waals surface area contributed by atoms with Gasteiger partial charge >= 0.3 is 6.18 Å². The van der Waals surface area contributed by atoms with Crippen molar-refractivity contribution in [2.45, 2.75) is 6.18 Å². The van der Waals surface area contributed by atoms with Gasteiger partial charge in [-0.1, -0.05) is 24.4 Å². The van der Waals surface area contributed by atoms with E-state index < -0.39 is 11.7 Å². The Hall–Kier alpha value is -1.30. The largest absolute Gasteiger partial charge is 0.418 e. The Balaban J connectivity index is 2.92. The maximum Gasteiger partial charge on any atom is 0.418 e. The Bertz CT molecular complexity index is 363. The van der Waals surface area contributed by atoms with E-state index in [0.29, 0.717) is 0 Å². The SMILES string of the molecule is NC(=S)CNc1ccccc1C(F)(F)F. The monoisotopic (exact) mass is 234 g/mol. The molecule has 0 aliphatic rings. The topological polar surface area (TPSA) is 38.0 Å². The van der Waals surface area contributed by atoms with Gasteiger partial charge in [0.25, 0.3) is 0 Å². The van der Waals surface area contributed by atoms with Gasteiger partial charge in [0.05, 0.1) is 17.1 Å². The second-order valence-corrected chi connectivity index (χ2v) is 3.39. The normalized spacial score (nSPS) is 11.1.